The van der Waals surface area contributed by atoms with Crippen LogP contribution in [0.1, 0.15) is 51.9 Å². The summed E-state index contributed by atoms with van der Waals surface area (Å²) in [7, 11) is 0. The Morgan fingerprint density at radius 2 is 2.00 bits per heavy atom. The predicted octanol–water partition coefficient (Wildman–Crippen LogP) is 1.30. The molecule has 0 aromatic heterocycles. The van der Waals surface area contributed by atoms with Crippen LogP contribution in [0.5, 0.6) is 0 Å². The minimum Gasteiger partial charge on any atom is -0.365 e. The van der Waals surface area contributed by atoms with Crippen LogP contribution in [-0.4, -0.2) is 78.8 Å². The third-order valence-corrected chi connectivity index (χ3v) is 8.70. The molecule has 6 rings (SSSR count). The van der Waals surface area contributed by atoms with E-state index in [1.54, 1.807) is 4.90 Å². The summed E-state index contributed by atoms with van der Waals surface area (Å²) in [4.78, 5) is 53.6. The van der Waals surface area contributed by atoms with Gasteiger partial charge in [-0.1, -0.05) is 13.3 Å². The molecule has 3 amide bonds. The van der Waals surface area contributed by atoms with Crippen LogP contribution in [0.4, 0.5) is 13.2 Å². The molecule has 4 aliphatic heterocycles. The largest absolute Gasteiger partial charge is 0.522 e. The summed E-state index contributed by atoms with van der Waals surface area (Å²) in [5.41, 5.74) is -0.940. The molecule has 0 unspecified atom stereocenters. The Labute approximate surface area is 206 Å². The molecule has 36 heavy (non-hydrogen) atoms. The smallest absolute Gasteiger partial charge is 0.365 e. The highest BCUT2D eigenvalue weighted by atomic mass is 19.4. The lowest BCUT2D eigenvalue weighted by atomic mass is 9.63. The maximum Gasteiger partial charge on any atom is 0.522 e. The Morgan fingerprint density at radius 3 is 2.61 bits per heavy atom. The molecule has 6 fully saturated rings. The second-order valence-corrected chi connectivity index (χ2v) is 11.5. The van der Waals surface area contributed by atoms with Crippen molar-refractivity contribution in [2.45, 2.75) is 75.9 Å². The standard InChI is InChI=1S/C24H32F3N3O6/c1-22-10-23(11-22,36-12-22)21(34)30-8-14-3-2-4-15(14)18(30)20(33)29-16(7-13-5-6-28-19(13)32)17(31)9-35-24(25,26)27/h13-16,18H,2-12H2,1H3,(H,28,32)(H,29,33)/t13-,14-,15-,16-,18-,22?,23?/m0/s1. The van der Waals surface area contributed by atoms with Crippen LogP contribution >= 0.6 is 0 Å². The lowest BCUT2D eigenvalue weighted by molar-refractivity contribution is -0.321. The molecule has 6 aliphatic rings. The fraction of sp³-hybridized carbons (Fsp3) is 0.833. The minimum absolute atomic E-state index is 0.0269. The predicted molar refractivity (Wildman–Crippen MR) is 117 cm³/mol. The summed E-state index contributed by atoms with van der Waals surface area (Å²) in [5, 5.41) is 5.25. The zero-order valence-electron chi connectivity index (χ0n) is 20.2. The van der Waals surface area contributed by atoms with Gasteiger partial charge in [0.2, 0.25) is 11.8 Å². The molecule has 2 aliphatic carbocycles. The number of alkyl halides is 3. The fourth-order valence-corrected chi connectivity index (χ4v) is 7.10. The summed E-state index contributed by atoms with van der Waals surface area (Å²) in [6.07, 6.45) is -0.957. The number of likely N-dealkylation sites (tertiary alicyclic amines) is 1. The van der Waals surface area contributed by atoms with Gasteiger partial charge in [-0.05, 0) is 55.8 Å². The van der Waals surface area contributed by atoms with Gasteiger partial charge in [0.15, 0.2) is 5.78 Å². The van der Waals surface area contributed by atoms with Crippen LogP contribution < -0.4 is 10.6 Å². The van der Waals surface area contributed by atoms with E-state index in [0.29, 0.717) is 39.0 Å². The zero-order valence-corrected chi connectivity index (χ0v) is 20.2. The van der Waals surface area contributed by atoms with Gasteiger partial charge in [0.05, 0.1) is 12.6 Å². The first-order chi connectivity index (χ1) is 16.9. The third-order valence-electron chi connectivity index (χ3n) is 8.70. The molecular formula is C24H32F3N3O6. The molecule has 0 radical (unpaired) electrons. The van der Waals surface area contributed by atoms with Crippen LogP contribution in [0.15, 0.2) is 0 Å². The molecule has 2 saturated carbocycles. The van der Waals surface area contributed by atoms with Crippen LogP contribution in [0.3, 0.4) is 0 Å². The van der Waals surface area contributed by atoms with E-state index in [-0.39, 0.29) is 35.5 Å². The van der Waals surface area contributed by atoms with Crippen molar-refractivity contribution in [3.8, 4) is 0 Å². The van der Waals surface area contributed by atoms with E-state index in [0.717, 1.165) is 19.3 Å². The summed E-state index contributed by atoms with van der Waals surface area (Å²) in [6, 6.07) is -2.16. The number of nitrogens with one attached hydrogen (secondary N) is 2. The quantitative estimate of drug-likeness (QED) is 0.504. The maximum absolute atomic E-state index is 13.6. The summed E-state index contributed by atoms with van der Waals surface area (Å²) in [6.45, 7) is 2.11. The minimum atomic E-state index is -5.00. The molecular weight excluding hydrogens is 483 g/mol. The number of hydrogen-bond donors (Lipinski definition) is 2. The van der Waals surface area contributed by atoms with Crippen LogP contribution in [0.25, 0.3) is 0 Å². The Bertz CT molecular complexity index is 950. The number of ketones is 1. The first kappa shape index (κ1) is 25.4. The Kier molecular flexibility index (Phi) is 6.34. The number of carbonyl (C=O) groups is 4. The number of nitrogens with zero attached hydrogens (tertiary/aromatic N) is 1. The average Bonchev–Trinajstić information content (AvgIpc) is 3.57. The van der Waals surface area contributed by atoms with Gasteiger partial charge in [-0.25, -0.2) is 0 Å². The molecule has 0 aromatic carbocycles. The molecule has 0 spiro atoms. The Morgan fingerprint density at radius 1 is 1.25 bits per heavy atom. The number of Topliss-reactive ketones (excluding diaryl/α,β-unsaturated/α-hetero) is 1. The number of rotatable bonds is 8. The van der Waals surface area contributed by atoms with Gasteiger partial charge < -0.3 is 20.3 Å². The van der Waals surface area contributed by atoms with Gasteiger partial charge in [0.1, 0.15) is 18.2 Å². The molecule has 4 heterocycles. The fourth-order valence-electron chi connectivity index (χ4n) is 7.10. The highest BCUT2D eigenvalue weighted by Gasteiger charge is 2.66. The molecule has 200 valence electrons. The molecule has 4 saturated heterocycles. The van der Waals surface area contributed by atoms with E-state index in [4.69, 9.17) is 4.74 Å². The second-order valence-electron chi connectivity index (χ2n) is 11.5. The average molecular weight is 516 g/mol. The molecule has 12 heteroatoms. The number of amides is 3. The third kappa shape index (κ3) is 4.62. The van der Waals surface area contributed by atoms with Crippen molar-refractivity contribution < 1.29 is 41.8 Å². The van der Waals surface area contributed by atoms with E-state index in [2.05, 4.69) is 22.3 Å². The van der Waals surface area contributed by atoms with Crippen molar-refractivity contribution >= 4 is 23.5 Å². The van der Waals surface area contributed by atoms with Gasteiger partial charge in [0.25, 0.3) is 5.91 Å². The van der Waals surface area contributed by atoms with Gasteiger partial charge in [-0.15, -0.1) is 13.2 Å². The van der Waals surface area contributed by atoms with Crippen molar-refractivity contribution in [1.29, 1.82) is 0 Å². The van der Waals surface area contributed by atoms with E-state index in [9.17, 15) is 32.3 Å². The number of fused-ring (bicyclic) bond motifs is 2. The summed E-state index contributed by atoms with van der Waals surface area (Å²) in [5.74, 6) is -2.61. The topological polar surface area (TPSA) is 114 Å². The van der Waals surface area contributed by atoms with Crippen molar-refractivity contribution in [3.05, 3.63) is 0 Å². The van der Waals surface area contributed by atoms with Gasteiger partial charge in [-0.3, -0.25) is 23.9 Å². The molecule has 2 N–H and O–H groups in total. The Hall–Kier alpha value is -2.21. The van der Waals surface area contributed by atoms with Crippen LogP contribution in [-0.2, 0) is 28.7 Å². The molecule has 5 atom stereocenters. The second kappa shape index (κ2) is 8.97. The summed E-state index contributed by atoms with van der Waals surface area (Å²) >= 11 is 0. The van der Waals surface area contributed by atoms with E-state index in [1.165, 1.54) is 0 Å². The maximum atomic E-state index is 13.6. The molecule has 0 aromatic rings. The van der Waals surface area contributed by atoms with Gasteiger partial charge in [0, 0.05) is 19.0 Å². The number of hydrogen-bond acceptors (Lipinski definition) is 6. The van der Waals surface area contributed by atoms with Crippen LogP contribution in [0, 0.1) is 23.2 Å². The van der Waals surface area contributed by atoms with Crippen LogP contribution in [0.2, 0.25) is 0 Å². The van der Waals surface area contributed by atoms with Gasteiger partial charge in [-0.2, -0.15) is 0 Å². The highest BCUT2D eigenvalue weighted by molar-refractivity contribution is 5.96. The zero-order chi connectivity index (χ0) is 25.9. The van der Waals surface area contributed by atoms with Crippen molar-refractivity contribution in [2.75, 3.05) is 26.3 Å². The summed E-state index contributed by atoms with van der Waals surface area (Å²) < 4.78 is 47.3. The molecule has 2 bridgehead atoms. The van der Waals surface area contributed by atoms with Crippen molar-refractivity contribution in [3.63, 3.8) is 0 Å². The SMILES string of the molecule is CC12COC(C(=O)N3C[C@@H]4CCC[C@@H]4[C@H]3C(=O)N[C@@H](C[C@@H]3CCNC3=O)C(=O)COC(F)(F)F)(C1)C2. The van der Waals surface area contributed by atoms with E-state index >= 15 is 0 Å². The lowest BCUT2D eigenvalue weighted by Crippen LogP contribution is -2.60. The van der Waals surface area contributed by atoms with Crippen molar-refractivity contribution in [2.24, 2.45) is 23.2 Å². The monoisotopic (exact) mass is 515 g/mol. The first-order valence-corrected chi connectivity index (χ1v) is 12.7. The lowest BCUT2D eigenvalue weighted by Gasteiger charge is -2.44. The molecule has 9 nitrogen and oxygen atoms in total. The Balaban J connectivity index is 1.33. The number of halogens is 3. The van der Waals surface area contributed by atoms with Gasteiger partial charge >= 0.3 is 6.36 Å². The number of ether oxygens (including phenoxy) is 2. The number of carbonyl (C=O) groups excluding carboxylic acids is 4. The first-order valence-electron chi connectivity index (χ1n) is 12.7. The highest BCUT2D eigenvalue weighted by Crippen LogP contribution is 2.59. The van der Waals surface area contributed by atoms with Crippen molar-refractivity contribution in [1.82, 2.24) is 15.5 Å². The van der Waals surface area contributed by atoms with E-state index in [1.807, 2.05) is 0 Å². The van der Waals surface area contributed by atoms with E-state index < -0.39 is 48.3 Å². The normalized spacial score (nSPS) is 37.9.